The van der Waals surface area contributed by atoms with Crippen molar-refractivity contribution in [3.05, 3.63) is 0 Å². The Balaban J connectivity index is 1.56. The molecular formula is C16H27N3O3. The summed E-state index contributed by atoms with van der Waals surface area (Å²) in [6.07, 6.45) is 7.45. The predicted octanol–water partition coefficient (Wildman–Crippen LogP) is 0.812. The number of hydrogen-bond acceptors (Lipinski definition) is 3. The maximum atomic E-state index is 11.8. The molecule has 124 valence electrons. The Morgan fingerprint density at radius 1 is 1.05 bits per heavy atom. The van der Waals surface area contributed by atoms with E-state index in [-0.39, 0.29) is 24.3 Å². The van der Waals surface area contributed by atoms with Gasteiger partial charge in [-0.15, -0.1) is 0 Å². The van der Waals surface area contributed by atoms with Crippen LogP contribution < -0.4 is 10.6 Å². The Hall–Kier alpha value is -1.59. The molecular weight excluding hydrogens is 282 g/mol. The lowest BCUT2D eigenvalue weighted by molar-refractivity contribution is -0.135. The molecule has 0 radical (unpaired) electrons. The summed E-state index contributed by atoms with van der Waals surface area (Å²) >= 11 is 0. The molecule has 1 heterocycles. The fourth-order valence-corrected chi connectivity index (χ4v) is 2.79. The summed E-state index contributed by atoms with van der Waals surface area (Å²) in [6.45, 7) is 1.86. The van der Waals surface area contributed by atoms with Gasteiger partial charge < -0.3 is 15.5 Å². The molecule has 2 aliphatic rings. The Labute approximate surface area is 132 Å². The van der Waals surface area contributed by atoms with Gasteiger partial charge in [-0.2, -0.15) is 0 Å². The second kappa shape index (κ2) is 8.76. The van der Waals surface area contributed by atoms with Gasteiger partial charge >= 0.3 is 0 Å². The van der Waals surface area contributed by atoms with Crippen molar-refractivity contribution in [1.29, 1.82) is 0 Å². The summed E-state index contributed by atoms with van der Waals surface area (Å²) in [5.41, 5.74) is 0. The van der Waals surface area contributed by atoms with Gasteiger partial charge in [0, 0.05) is 32.5 Å². The minimum atomic E-state index is -0.179. The standard InChI is InChI=1S/C16H27N3O3/c20-14(18-11-13-5-4-6-13)8-9-17-15(21)12-19-10-3-1-2-7-16(19)22/h13H,1-12H2,(H,17,21)(H,18,20). The molecule has 6 nitrogen and oxygen atoms in total. The maximum absolute atomic E-state index is 11.8. The van der Waals surface area contributed by atoms with E-state index in [1.165, 1.54) is 19.3 Å². The Morgan fingerprint density at radius 2 is 1.86 bits per heavy atom. The topological polar surface area (TPSA) is 78.5 Å². The highest BCUT2D eigenvalue weighted by atomic mass is 16.2. The van der Waals surface area contributed by atoms with Crippen LogP contribution in [-0.2, 0) is 14.4 Å². The van der Waals surface area contributed by atoms with Crippen molar-refractivity contribution in [3.63, 3.8) is 0 Å². The molecule has 0 aromatic carbocycles. The van der Waals surface area contributed by atoms with Crippen LogP contribution in [0.25, 0.3) is 0 Å². The molecule has 6 heteroatoms. The average molecular weight is 309 g/mol. The van der Waals surface area contributed by atoms with Gasteiger partial charge in [-0.25, -0.2) is 0 Å². The Morgan fingerprint density at radius 3 is 2.59 bits per heavy atom. The second-order valence-electron chi connectivity index (χ2n) is 6.33. The third kappa shape index (κ3) is 5.66. The van der Waals surface area contributed by atoms with Crippen molar-refractivity contribution in [2.24, 2.45) is 5.92 Å². The van der Waals surface area contributed by atoms with Gasteiger partial charge in [-0.3, -0.25) is 14.4 Å². The molecule has 0 spiro atoms. The Kier molecular flexibility index (Phi) is 6.68. The van der Waals surface area contributed by atoms with Crippen LogP contribution in [0.2, 0.25) is 0 Å². The van der Waals surface area contributed by atoms with Crippen molar-refractivity contribution in [3.8, 4) is 0 Å². The maximum Gasteiger partial charge on any atom is 0.239 e. The zero-order valence-electron chi connectivity index (χ0n) is 13.2. The van der Waals surface area contributed by atoms with Crippen LogP contribution in [0.15, 0.2) is 0 Å². The average Bonchev–Trinajstić information content (AvgIpc) is 2.62. The lowest BCUT2D eigenvalue weighted by Crippen LogP contribution is -2.41. The summed E-state index contributed by atoms with van der Waals surface area (Å²) in [6, 6.07) is 0. The van der Waals surface area contributed by atoms with Crippen molar-refractivity contribution < 1.29 is 14.4 Å². The van der Waals surface area contributed by atoms with E-state index in [2.05, 4.69) is 10.6 Å². The minimum absolute atomic E-state index is 0.0157. The predicted molar refractivity (Wildman–Crippen MR) is 83.0 cm³/mol. The quantitative estimate of drug-likeness (QED) is 0.730. The lowest BCUT2D eigenvalue weighted by Gasteiger charge is -2.25. The minimum Gasteiger partial charge on any atom is -0.356 e. The van der Waals surface area contributed by atoms with Crippen LogP contribution in [0.4, 0.5) is 0 Å². The number of hydrogen-bond donors (Lipinski definition) is 2. The first-order valence-electron chi connectivity index (χ1n) is 8.46. The first-order valence-corrected chi connectivity index (χ1v) is 8.46. The van der Waals surface area contributed by atoms with E-state index in [0.29, 0.717) is 31.8 Å². The van der Waals surface area contributed by atoms with Gasteiger partial charge in [-0.05, 0) is 31.6 Å². The first-order chi connectivity index (χ1) is 10.6. The summed E-state index contributed by atoms with van der Waals surface area (Å²) in [4.78, 5) is 36.9. The molecule has 0 aromatic heterocycles. The highest BCUT2D eigenvalue weighted by Crippen LogP contribution is 2.25. The third-order valence-electron chi connectivity index (χ3n) is 4.49. The fraction of sp³-hybridized carbons (Fsp3) is 0.812. The van der Waals surface area contributed by atoms with Gasteiger partial charge in [0.1, 0.15) is 0 Å². The van der Waals surface area contributed by atoms with E-state index >= 15 is 0 Å². The molecule has 2 rings (SSSR count). The van der Waals surface area contributed by atoms with Gasteiger partial charge in [-0.1, -0.05) is 12.8 Å². The van der Waals surface area contributed by atoms with Gasteiger partial charge in [0.05, 0.1) is 6.54 Å². The monoisotopic (exact) mass is 309 g/mol. The molecule has 0 unspecified atom stereocenters. The van der Waals surface area contributed by atoms with Crippen molar-refractivity contribution >= 4 is 17.7 Å². The number of carbonyl (C=O) groups is 3. The number of carbonyl (C=O) groups excluding carboxylic acids is 3. The molecule has 2 fully saturated rings. The van der Waals surface area contributed by atoms with Crippen LogP contribution in [0.3, 0.4) is 0 Å². The van der Waals surface area contributed by atoms with Crippen LogP contribution in [0, 0.1) is 5.92 Å². The van der Waals surface area contributed by atoms with Crippen LogP contribution in [-0.4, -0.2) is 48.8 Å². The van der Waals surface area contributed by atoms with Gasteiger partial charge in [0.15, 0.2) is 0 Å². The highest BCUT2D eigenvalue weighted by molar-refractivity contribution is 5.85. The molecule has 3 amide bonds. The van der Waals surface area contributed by atoms with E-state index in [9.17, 15) is 14.4 Å². The smallest absolute Gasteiger partial charge is 0.239 e. The fourth-order valence-electron chi connectivity index (χ4n) is 2.79. The molecule has 0 aromatic rings. The summed E-state index contributed by atoms with van der Waals surface area (Å²) in [5.74, 6) is 0.513. The van der Waals surface area contributed by atoms with Crippen LogP contribution in [0.1, 0.15) is 51.4 Å². The normalized spacial score (nSPS) is 19.3. The molecule has 1 saturated carbocycles. The number of nitrogens with zero attached hydrogens (tertiary/aromatic N) is 1. The molecule has 1 aliphatic carbocycles. The first kappa shape index (κ1) is 16.8. The Bertz CT molecular complexity index is 407. The van der Waals surface area contributed by atoms with Gasteiger partial charge in [0.25, 0.3) is 0 Å². The van der Waals surface area contributed by atoms with E-state index in [4.69, 9.17) is 0 Å². The van der Waals surface area contributed by atoms with Crippen molar-refractivity contribution in [2.45, 2.75) is 51.4 Å². The number of likely N-dealkylation sites (tertiary alicyclic amines) is 1. The summed E-state index contributed by atoms with van der Waals surface area (Å²) in [5, 5.41) is 5.62. The molecule has 0 atom stereocenters. The lowest BCUT2D eigenvalue weighted by atomic mass is 9.85. The zero-order valence-corrected chi connectivity index (χ0v) is 13.2. The highest BCUT2D eigenvalue weighted by Gasteiger charge is 2.19. The van der Waals surface area contributed by atoms with Crippen molar-refractivity contribution in [1.82, 2.24) is 15.5 Å². The molecule has 2 N–H and O–H groups in total. The van der Waals surface area contributed by atoms with Crippen LogP contribution >= 0.6 is 0 Å². The molecule has 0 bridgehead atoms. The molecule has 1 aliphatic heterocycles. The summed E-state index contributed by atoms with van der Waals surface area (Å²) < 4.78 is 0. The zero-order chi connectivity index (χ0) is 15.8. The summed E-state index contributed by atoms with van der Waals surface area (Å²) in [7, 11) is 0. The second-order valence-corrected chi connectivity index (χ2v) is 6.33. The van der Waals surface area contributed by atoms with E-state index in [0.717, 1.165) is 25.8 Å². The van der Waals surface area contributed by atoms with Gasteiger partial charge in [0.2, 0.25) is 17.7 Å². The molecule has 22 heavy (non-hydrogen) atoms. The largest absolute Gasteiger partial charge is 0.356 e. The van der Waals surface area contributed by atoms with E-state index < -0.39 is 0 Å². The molecule has 1 saturated heterocycles. The number of rotatable bonds is 7. The van der Waals surface area contributed by atoms with E-state index in [1.807, 2.05) is 0 Å². The van der Waals surface area contributed by atoms with E-state index in [1.54, 1.807) is 4.90 Å². The van der Waals surface area contributed by atoms with Crippen LogP contribution in [0.5, 0.6) is 0 Å². The SMILES string of the molecule is O=C(CCNC(=O)CN1CCCCCC1=O)NCC1CCC1. The van der Waals surface area contributed by atoms with Crippen molar-refractivity contribution in [2.75, 3.05) is 26.2 Å². The number of amides is 3. The third-order valence-corrected chi connectivity index (χ3v) is 4.49. The number of nitrogens with one attached hydrogen (secondary N) is 2.